The van der Waals surface area contributed by atoms with Crippen LogP contribution in [0.15, 0.2) is 94.9 Å². The van der Waals surface area contributed by atoms with Gasteiger partial charge in [0.05, 0.1) is 10.6 Å². The van der Waals surface area contributed by atoms with Gasteiger partial charge in [-0.15, -0.1) is 5.10 Å². The second kappa shape index (κ2) is 8.85. The van der Waals surface area contributed by atoms with Crippen LogP contribution >= 0.6 is 0 Å². The normalized spacial score (nSPS) is 13.1. The first-order valence-electron chi connectivity index (χ1n) is 9.16. The molecule has 1 radical (unpaired) electrons. The lowest BCUT2D eigenvalue weighted by Gasteiger charge is -2.14. The van der Waals surface area contributed by atoms with Gasteiger partial charge in [0, 0.05) is 0 Å². The molecule has 0 aromatic heterocycles. The van der Waals surface area contributed by atoms with E-state index < -0.39 is 10.0 Å². The molecular weight excluding hydrogens is 368 g/mol. The van der Waals surface area contributed by atoms with Crippen LogP contribution in [-0.2, 0) is 10.0 Å². The van der Waals surface area contributed by atoms with Crippen LogP contribution in [0.25, 0.3) is 0 Å². The molecule has 1 atom stereocenters. The van der Waals surface area contributed by atoms with Crippen molar-refractivity contribution in [2.75, 3.05) is 0 Å². The molecule has 5 heteroatoms. The zero-order chi connectivity index (χ0) is 20.0. The zero-order valence-corrected chi connectivity index (χ0v) is 16.8. The maximum absolute atomic E-state index is 12.6. The summed E-state index contributed by atoms with van der Waals surface area (Å²) in [5, 5.41) is 4.18. The monoisotopic (exact) mass is 391 g/mol. The maximum Gasteiger partial charge on any atom is 0.299 e. The average molecular weight is 392 g/mol. The fraction of sp³-hybridized carbons (Fsp3) is 0.174. The highest BCUT2D eigenvalue weighted by molar-refractivity contribution is 7.89. The molecule has 0 saturated heterocycles. The molecule has 0 N–H and O–H groups in total. The van der Waals surface area contributed by atoms with Crippen LogP contribution in [0.3, 0.4) is 0 Å². The lowest BCUT2D eigenvalue weighted by Crippen LogP contribution is -2.16. The summed E-state index contributed by atoms with van der Waals surface area (Å²) in [5.41, 5.74) is 3.68. The lowest BCUT2D eigenvalue weighted by molar-refractivity contribution is 0.582. The van der Waals surface area contributed by atoms with Crippen LogP contribution < -0.4 is 4.83 Å². The van der Waals surface area contributed by atoms with E-state index in [4.69, 9.17) is 0 Å². The molecule has 0 aliphatic carbocycles. The first kappa shape index (κ1) is 19.8. The Labute approximate surface area is 167 Å². The first-order chi connectivity index (χ1) is 13.5. The fourth-order valence-electron chi connectivity index (χ4n) is 2.90. The number of rotatable bonds is 7. The highest BCUT2D eigenvalue weighted by Crippen LogP contribution is 2.22. The van der Waals surface area contributed by atoms with Crippen molar-refractivity contribution >= 4 is 15.7 Å². The average Bonchev–Trinajstić information content (AvgIpc) is 2.72. The minimum absolute atomic E-state index is 0.144. The largest absolute Gasteiger partial charge is 0.299 e. The molecule has 143 valence electrons. The quantitative estimate of drug-likeness (QED) is 0.425. The summed E-state index contributed by atoms with van der Waals surface area (Å²) < 4.78 is 25.1. The Morgan fingerprint density at radius 1 is 0.857 bits per heavy atom. The summed E-state index contributed by atoms with van der Waals surface area (Å²) in [5.74, 6) is 0.178. The molecule has 0 aliphatic rings. The van der Waals surface area contributed by atoms with Crippen LogP contribution in [-0.4, -0.2) is 14.1 Å². The van der Waals surface area contributed by atoms with Crippen molar-refractivity contribution in [1.29, 1.82) is 0 Å². The predicted molar refractivity (Wildman–Crippen MR) is 113 cm³/mol. The van der Waals surface area contributed by atoms with Crippen molar-refractivity contribution in [3.05, 3.63) is 102 Å². The van der Waals surface area contributed by atoms with Crippen LogP contribution in [0.2, 0.25) is 0 Å². The van der Waals surface area contributed by atoms with Crippen molar-refractivity contribution in [3.63, 3.8) is 0 Å². The van der Waals surface area contributed by atoms with Crippen LogP contribution in [0.1, 0.15) is 36.0 Å². The van der Waals surface area contributed by atoms with Crippen molar-refractivity contribution in [2.24, 2.45) is 5.10 Å². The van der Waals surface area contributed by atoms with Gasteiger partial charge < -0.3 is 0 Å². The van der Waals surface area contributed by atoms with Gasteiger partial charge in [0.2, 0.25) is 0 Å². The molecule has 0 spiro atoms. The summed E-state index contributed by atoms with van der Waals surface area (Å²) in [6.07, 6.45) is 0.584. The van der Waals surface area contributed by atoms with Gasteiger partial charge in [0.1, 0.15) is 0 Å². The smallest absolute Gasteiger partial charge is 0.198 e. The minimum Gasteiger partial charge on any atom is -0.198 e. The Kier molecular flexibility index (Phi) is 6.26. The van der Waals surface area contributed by atoms with Crippen LogP contribution in [0, 0.1) is 6.92 Å². The molecule has 0 fully saturated rings. The van der Waals surface area contributed by atoms with Gasteiger partial charge in [-0.25, -0.2) is 0 Å². The topological polar surface area (TPSA) is 60.6 Å². The predicted octanol–water partition coefficient (Wildman–Crippen LogP) is 4.89. The summed E-state index contributed by atoms with van der Waals surface area (Å²) in [7, 11) is -3.84. The number of aryl methyl sites for hydroxylation is 1. The Morgan fingerprint density at radius 3 is 2.04 bits per heavy atom. The second-order valence-electron chi connectivity index (χ2n) is 6.80. The number of hydrogen-bond donors (Lipinski definition) is 0. The number of sulfonamides is 1. The summed E-state index contributed by atoms with van der Waals surface area (Å²) in [6, 6.07) is 26.3. The molecule has 3 aromatic rings. The lowest BCUT2D eigenvalue weighted by atomic mass is 9.93. The molecule has 0 saturated carbocycles. The second-order valence-corrected chi connectivity index (χ2v) is 8.38. The van der Waals surface area contributed by atoms with Gasteiger partial charge >= 0.3 is 0 Å². The van der Waals surface area contributed by atoms with Gasteiger partial charge in [0.25, 0.3) is 10.0 Å². The van der Waals surface area contributed by atoms with Crippen molar-refractivity contribution in [2.45, 2.75) is 31.1 Å². The Morgan fingerprint density at radius 2 is 1.43 bits per heavy atom. The van der Waals surface area contributed by atoms with E-state index in [1.165, 1.54) is 5.56 Å². The molecule has 0 heterocycles. The zero-order valence-electron chi connectivity index (χ0n) is 16.0. The van der Waals surface area contributed by atoms with E-state index in [0.717, 1.165) is 11.1 Å². The Bertz CT molecular complexity index is 1030. The van der Waals surface area contributed by atoms with E-state index in [0.29, 0.717) is 12.1 Å². The molecule has 4 nitrogen and oxygen atoms in total. The number of benzene rings is 3. The van der Waals surface area contributed by atoms with Gasteiger partial charge in [-0.3, -0.25) is 0 Å². The van der Waals surface area contributed by atoms with E-state index in [1.54, 1.807) is 24.3 Å². The number of nitrogens with zero attached hydrogens (tertiary/aromatic N) is 2. The van der Waals surface area contributed by atoms with Crippen molar-refractivity contribution in [1.82, 2.24) is 4.83 Å². The van der Waals surface area contributed by atoms with E-state index in [9.17, 15) is 8.42 Å². The van der Waals surface area contributed by atoms with Gasteiger partial charge in [-0.05, 0) is 42.5 Å². The third kappa shape index (κ3) is 5.08. The fourth-order valence-corrected chi connectivity index (χ4v) is 3.68. The van der Waals surface area contributed by atoms with Gasteiger partial charge in [0.15, 0.2) is 0 Å². The van der Waals surface area contributed by atoms with E-state index in [2.05, 4.69) is 29.0 Å². The highest BCUT2D eigenvalue weighted by atomic mass is 32.2. The number of hydrogen-bond acceptors (Lipinski definition) is 3. The van der Waals surface area contributed by atoms with Crippen molar-refractivity contribution in [3.8, 4) is 0 Å². The maximum atomic E-state index is 12.6. The molecule has 3 rings (SSSR count). The van der Waals surface area contributed by atoms with E-state index >= 15 is 0 Å². The van der Waals surface area contributed by atoms with E-state index in [1.807, 2.05) is 55.5 Å². The molecular formula is C23H23N2O2S. The Balaban J connectivity index is 1.87. The Hall–Kier alpha value is -2.92. The van der Waals surface area contributed by atoms with Gasteiger partial charge in [-0.2, -0.15) is 8.42 Å². The van der Waals surface area contributed by atoms with Gasteiger partial charge in [-0.1, -0.05) is 90.1 Å². The molecule has 0 bridgehead atoms. The van der Waals surface area contributed by atoms with Crippen LogP contribution in [0.4, 0.5) is 0 Å². The molecule has 0 amide bonds. The molecule has 3 aromatic carbocycles. The minimum atomic E-state index is -3.84. The first-order valence-corrected chi connectivity index (χ1v) is 10.6. The third-order valence-corrected chi connectivity index (χ3v) is 5.73. The molecule has 1 unspecified atom stereocenters. The summed E-state index contributed by atoms with van der Waals surface area (Å²) in [4.78, 5) is 3.88. The van der Waals surface area contributed by atoms with Crippen LogP contribution in [0.5, 0.6) is 0 Å². The summed E-state index contributed by atoms with van der Waals surface area (Å²) >= 11 is 0. The molecule has 0 aliphatic heterocycles. The highest BCUT2D eigenvalue weighted by Gasteiger charge is 2.17. The standard InChI is InChI=1S/C23H23N2O2S/c1-18-13-15-22(16-14-18)28(26,27)25-24-23(21-11-7-4-8-12-21)17-19(2)20-9-5-3-6-10-20/h3-16,19H,17H2,1-2H3/b24-23+. The third-order valence-electron chi connectivity index (χ3n) is 4.56. The summed E-state index contributed by atoms with van der Waals surface area (Å²) in [6.45, 7) is 4.01. The van der Waals surface area contributed by atoms with Crippen molar-refractivity contribution < 1.29 is 8.42 Å². The molecule has 28 heavy (non-hydrogen) atoms. The van der Waals surface area contributed by atoms with E-state index in [-0.39, 0.29) is 10.8 Å². The SMILES string of the molecule is Cc1ccc(S(=O)(=O)[N]/N=C(\CC(C)c2ccccc2)c2ccccc2)cc1.